The summed E-state index contributed by atoms with van der Waals surface area (Å²) in [7, 11) is 0. The molecule has 0 aromatic rings. The van der Waals surface area contributed by atoms with E-state index in [4.69, 9.17) is 16.3 Å². The smallest absolute Gasteiger partial charge is 0.240 e. The van der Waals surface area contributed by atoms with E-state index < -0.39 is 0 Å². The van der Waals surface area contributed by atoms with E-state index in [0.29, 0.717) is 32.2 Å². The number of carbonyl (C=O) groups is 1. The number of amides is 1. The molecule has 4 heteroatoms. The van der Waals surface area contributed by atoms with Gasteiger partial charge in [0.15, 0.2) is 0 Å². The van der Waals surface area contributed by atoms with Crippen molar-refractivity contribution in [1.29, 1.82) is 0 Å². The number of halogens is 1. The van der Waals surface area contributed by atoms with Crippen molar-refractivity contribution in [2.75, 3.05) is 26.3 Å². The summed E-state index contributed by atoms with van der Waals surface area (Å²) in [5.41, 5.74) is 0. The molecule has 0 aromatic heterocycles. The maximum Gasteiger partial charge on any atom is 0.240 e. The molecule has 0 N–H and O–H groups in total. The number of morpholine rings is 1. The third-order valence-corrected chi connectivity index (χ3v) is 4.22. The molecule has 1 atom stereocenters. The van der Waals surface area contributed by atoms with Gasteiger partial charge in [0.2, 0.25) is 5.91 Å². The summed E-state index contributed by atoms with van der Waals surface area (Å²) in [6, 6.07) is 0. The summed E-state index contributed by atoms with van der Waals surface area (Å²) < 4.78 is 5.24. The van der Waals surface area contributed by atoms with E-state index in [-0.39, 0.29) is 11.3 Å². The lowest BCUT2D eigenvalue weighted by molar-refractivity contribution is -0.135. The molecule has 0 aromatic carbocycles. The standard InChI is InChI=1S/C13H22ClNO2/c14-12(10-11-4-2-1-3-5-11)13(16)15-6-8-17-9-7-15/h11-12H,1-10H2. The Morgan fingerprint density at radius 1 is 1.24 bits per heavy atom. The SMILES string of the molecule is O=C(C(Cl)CC1CCCCC1)N1CCOCC1. The van der Waals surface area contributed by atoms with E-state index in [2.05, 4.69) is 0 Å². The number of rotatable bonds is 3. The Hall–Kier alpha value is -0.280. The molecule has 2 aliphatic rings. The summed E-state index contributed by atoms with van der Waals surface area (Å²) in [6.07, 6.45) is 7.32. The summed E-state index contributed by atoms with van der Waals surface area (Å²) in [5, 5.41) is -0.323. The van der Waals surface area contributed by atoms with Gasteiger partial charge in [0, 0.05) is 13.1 Å². The van der Waals surface area contributed by atoms with Crippen molar-refractivity contribution in [3.63, 3.8) is 0 Å². The number of alkyl halides is 1. The van der Waals surface area contributed by atoms with Gasteiger partial charge >= 0.3 is 0 Å². The molecule has 3 nitrogen and oxygen atoms in total. The van der Waals surface area contributed by atoms with Crippen LogP contribution in [0.3, 0.4) is 0 Å². The van der Waals surface area contributed by atoms with Gasteiger partial charge in [0.05, 0.1) is 13.2 Å². The minimum absolute atomic E-state index is 0.112. The topological polar surface area (TPSA) is 29.5 Å². The minimum atomic E-state index is -0.323. The van der Waals surface area contributed by atoms with Crippen molar-refractivity contribution >= 4 is 17.5 Å². The van der Waals surface area contributed by atoms with Crippen LogP contribution in [0, 0.1) is 5.92 Å². The molecular formula is C13H22ClNO2. The zero-order valence-electron chi connectivity index (χ0n) is 10.4. The van der Waals surface area contributed by atoms with Crippen molar-refractivity contribution in [3.05, 3.63) is 0 Å². The fourth-order valence-corrected chi connectivity index (χ4v) is 3.19. The number of nitrogens with zero attached hydrogens (tertiary/aromatic N) is 1. The zero-order chi connectivity index (χ0) is 12.1. The summed E-state index contributed by atoms with van der Waals surface area (Å²) >= 11 is 6.27. The van der Waals surface area contributed by atoms with Gasteiger partial charge in [-0.3, -0.25) is 4.79 Å². The maximum atomic E-state index is 12.1. The highest BCUT2D eigenvalue weighted by molar-refractivity contribution is 6.30. The molecule has 17 heavy (non-hydrogen) atoms. The van der Waals surface area contributed by atoms with E-state index in [1.807, 2.05) is 4.90 Å². The van der Waals surface area contributed by atoms with E-state index in [0.717, 1.165) is 6.42 Å². The largest absolute Gasteiger partial charge is 0.378 e. The highest BCUT2D eigenvalue weighted by atomic mass is 35.5. The molecule has 2 fully saturated rings. The molecule has 1 amide bonds. The van der Waals surface area contributed by atoms with Crippen LogP contribution >= 0.6 is 11.6 Å². The van der Waals surface area contributed by atoms with E-state index in [1.54, 1.807) is 0 Å². The number of ether oxygens (including phenoxy) is 1. The van der Waals surface area contributed by atoms with Crippen LogP contribution in [-0.2, 0) is 9.53 Å². The molecule has 1 heterocycles. The van der Waals surface area contributed by atoms with Gasteiger partial charge in [-0.2, -0.15) is 0 Å². The van der Waals surface area contributed by atoms with Gasteiger partial charge in [0.25, 0.3) is 0 Å². The van der Waals surface area contributed by atoms with Crippen molar-refractivity contribution in [2.24, 2.45) is 5.92 Å². The Kier molecular flexibility index (Phi) is 5.11. The molecule has 1 saturated carbocycles. The fraction of sp³-hybridized carbons (Fsp3) is 0.923. The highest BCUT2D eigenvalue weighted by Gasteiger charge is 2.27. The highest BCUT2D eigenvalue weighted by Crippen LogP contribution is 2.29. The third-order valence-electron chi connectivity index (χ3n) is 3.86. The van der Waals surface area contributed by atoms with Crippen LogP contribution in [0.4, 0.5) is 0 Å². The van der Waals surface area contributed by atoms with Gasteiger partial charge in [0.1, 0.15) is 5.38 Å². The van der Waals surface area contributed by atoms with Crippen LogP contribution in [0.15, 0.2) is 0 Å². The van der Waals surface area contributed by atoms with Gasteiger partial charge < -0.3 is 9.64 Å². The zero-order valence-corrected chi connectivity index (χ0v) is 11.1. The van der Waals surface area contributed by atoms with Crippen molar-refractivity contribution in [3.8, 4) is 0 Å². The summed E-state index contributed by atoms with van der Waals surface area (Å²) in [6.45, 7) is 2.71. The minimum Gasteiger partial charge on any atom is -0.378 e. The van der Waals surface area contributed by atoms with Crippen molar-refractivity contribution in [1.82, 2.24) is 4.90 Å². The lowest BCUT2D eigenvalue weighted by Crippen LogP contribution is -2.44. The Morgan fingerprint density at radius 2 is 1.88 bits per heavy atom. The second-order valence-corrected chi connectivity index (χ2v) is 5.67. The molecule has 0 radical (unpaired) electrons. The quantitative estimate of drug-likeness (QED) is 0.729. The Labute approximate surface area is 108 Å². The van der Waals surface area contributed by atoms with Crippen LogP contribution in [0.25, 0.3) is 0 Å². The van der Waals surface area contributed by atoms with Gasteiger partial charge in [-0.15, -0.1) is 11.6 Å². The van der Waals surface area contributed by atoms with Crippen LogP contribution in [0.5, 0.6) is 0 Å². The van der Waals surface area contributed by atoms with E-state index in [1.165, 1.54) is 32.1 Å². The maximum absolute atomic E-state index is 12.1. The van der Waals surface area contributed by atoms with Crippen molar-refractivity contribution < 1.29 is 9.53 Å². The van der Waals surface area contributed by atoms with E-state index >= 15 is 0 Å². The fourth-order valence-electron chi connectivity index (χ4n) is 2.80. The first-order chi connectivity index (χ1) is 8.27. The van der Waals surface area contributed by atoms with Gasteiger partial charge in [-0.05, 0) is 12.3 Å². The van der Waals surface area contributed by atoms with Crippen LogP contribution < -0.4 is 0 Å². The predicted octanol–water partition coefficient (Wildman–Crippen LogP) is 2.42. The molecule has 1 unspecified atom stereocenters. The van der Waals surface area contributed by atoms with Gasteiger partial charge in [-0.25, -0.2) is 0 Å². The summed E-state index contributed by atoms with van der Waals surface area (Å²) in [4.78, 5) is 14.0. The van der Waals surface area contributed by atoms with Crippen molar-refractivity contribution in [2.45, 2.75) is 43.9 Å². The Morgan fingerprint density at radius 3 is 2.53 bits per heavy atom. The molecule has 1 aliphatic heterocycles. The molecule has 98 valence electrons. The predicted molar refractivity (Wildman–Crippen MR) is 68.2 cm³/mol. The molecule has 0 bridgehead atoms. The molecule has 1 saturated heterocycles. The Bertz CT molecular complexity index is 248. The molecule has 1 aliphatic carbocycles. The second-order valence-electron chi connectivity index (χ2n) is 5.14. The summed E-state index contributed by atoms with van der Waals surface area (Å²) in [5.74, 6) is 0.775. The second kappa shape index (κ2) is 6.60. The Balaban J connectivity index is 1.77. The first-order valence-electron chi connectivity index (χ1n) is 6.78. The molecule has 2 rings (SSSR count). The average Bonchev–Trinajstić information content (AvgIpc) is 2.40. The first-order valence-corrected chi connectivity index (χ1v) is 7.21. The van der Waals surface area contributed by atoms with Gasteiger partial charge in [-0.1, -0.05) is 32.1 Å². The third kappa shape index (κ3) is 3.85. The molecule has 0 spiro atoms. The number of hydrogen-bond acceptors (Lipinski definition) is 2. The molecular weight excluding hydrogens is 238 g/mol. The van der Waals surface area contributed by atoms with E-state index in [9.17, 15) is 4.79 Å². The lowest BCUT2D eigenvalue weighted by Gasteiger charge is -2.30. The first kappa shape index (κ1) is 13.2. The van der Waals surface area contributed by atoms with Crippen LogP contribution in [0.2, 0.25) is 0 Å². The lowest BCUT2D eigenvalue weighted by atomic mass is 9.86. The van der Waals surface area contributed by atoms with Crippen LogP contribution in [0.1, 0.15) is 38.5 Å². The number of hydrogen-bond donors (Lipinski definition) is 0. The average molecular weight is 260 g/mol. The van der Waals surface area contributed by atoms with Crippen LogP contribution in [-0.4, -0.2) is 42.5 Å². The normalized spacial score (nSPS) is 24.6. The monoisotopic (exact) mass is 259 g/mol. The number of carbonyl (C=O) groups excluding carboxylic acids is 1.